The van der Waals surface area contributed by atoms with Crippen LogP contribution in [0.4, 0.5) is 0 Å². The van der Waals surface area contributed by atoms with Gasteiger partial charge in [0.1, 0.15) is 0 Å². The highest BCUT2D eigenvalue weighted by molar-refractivity contribution is 5.03. The second kappa shape index (κ2) is 6.11. The van der Waals surface area contributed by atoms with Gasteiger partial charge in [-0.05, 0) is 19.1 Å². The SMILES string of the molecule is Cc1noc(CN2CCN(Cc3ccccn3)CC2)n1. The van der Waals surface area contributed by atoms with Crippen molar-refractivity contribution in [2.75, 3.05) is 26.2 Å². The zero-order valence-electron chi connectivity index (χ0n) is 11.7. The van der Waals surface area contributed by atoms with E-state index < -0.39 is 0 Å². The van der Waals surface area contributed by atoms with Crippen molar-refractivity contribution in [3.63, 3.8) is 0 Å². The van der Waals surface area contributed by atoms with Crippen LogP contribution in [0.3, 0.4) is 0 Å². The van der Waals surface area contributed by atoms with E-state index >= 15 is 0 Å². The number of hydrogen-bond donors (Lipinski definition) is 0. The Morgan fingerprint density at radius 3 is 2.45 bits per heavy atom. The molecule has 0 amide bonds. The van der Waals surface area contributed by atoms with Gasteiger partial charge in [-0.1, -0.05) is 11.2 Å². The van der Waals surface area contributed by atoms with E-state index in [1.807, 2.05) is 25.3 Å². The van der Waals surface area contributed by atoms with Crippen LogP contribution in [0.25, 0.3) is 0 Å². The van der Waals surface area contributed by atoms with Crippen LogP contribution in [-0.4, -0.2) is 51.1 Å². The molecule has 2 aromatic rings. The minimum Gasteiger partial charge on any atom is -0.338 e. The Bertz CT molecular complexity index is 534. The molecule has 3 rings (SSSR count). The average Bonchev–Trinajstić information content (AvgIpc) is 2.88. The van der Waals surface area contributed by atoms with Crippen LogP contribution in [-0.2, 0) is 13.1 Å². The topological polar surface area (TPSA) is 58.3 Å². The molecule has 0 bridgehead atoms. The van der Waals surface area contributed by atoms with E-state index in [1.54, 1.807) is 0 Å². The van der Waals surface area contributed by atoms with Crippen LogP contribution in [0.1, 0.15) is 17.4 Å². The highest BCUT2D eigenvalue weighted by Gasteiger charge is 2.19. The Kier molecular flexibility index (Phi) is 4.03. The molecule has 1 aliphatic heterocycles. The molecule has 0 radical (unpaired) electrons. The first kappa shape index (κ1) is 13.2. The third-order valence-electron chi connectivity index (χ3n) is 3.51. The first-order valence-electron chi connectivity index (χ1n) is 6.93. The molecule has 2 aromatic heterocycles. The van der Waals surface area contributed by atoms with E-state index in [1.165, 1.54) is 0 Å². The molecule has 6 heteroatoms. The maximum Gasteiger partial charge on any atom is 0.240 e. The van der Waals surface area contributed by atoms with E-state index in [2.05, 4.69) is 31.0 Å². The fourth-order valence-corrected chi connectivity index (χ4v) is 2.42. The number of aromatic nitrogens is 3. The van der Waals surface area contributed by atoms with Gasteiger partial charge < -0.3 is 4.52 Å². The Morgan fingerprint density at radius 2 is 1.85 bits per heavy atom. The summed E-state index contributed by atoms with van der Waals surface area (Å²) in [6, 6.07) is 6.07. The predicted octanol–water partition coefficient (Wildman–Crippen LogP) is 1.09. The van der Waals surface area contributed by atoms with Crippen molar-refractivity contribution in [1.29, 1.82) is 0 Å². The summed E-state index contributed by atoms with van der Waals surface area (Å²) in [5.41, 5.74) is 1.13. The minimum atomic E-state index is 0.703. The van der Waals surface area contributed by atoms with E-state index in [-0.39, 0.29) is 0 Å². The zero-order valence-corrected chi connectivity index (χ0v) is 11.7. The lowest BCUT2D eigenvalue weighted by atomic mass is 10.2. The third-order valence-corrected chi connectivity index (χ3v) is 3.51. The van der Waals surface area contributed by atoms with Gasteiger partial charge in [0.05, 0.1) is 12.2 Å². The van der Waals surface area contributed by atoms with Crippen molar-refractivity contribution in [1.82, 2.24) is 24.9 Å². The van der Waals surface area contributed by atoms with E-state index in [0.29, 0.717) is 11.7 Å². The minimum absolute atomic E-state index is 0.703. The second-order valence-electron chi connectivity index (χ2n) is 5.11. The van der Waals surface area contributed by atoms with E-state index in [0.717, 1.165) is 45.0 Å². The van der Waals surface area contributed by atoms with Crippen molar-refractivity contribution >= 4 is 0 Å². The molecule has 0 spiro atoms. The van der Waals surface area contributed by atoms with Gasteiger partial charge >= 0.3 is 0 Å². The molecule has 6 nitrogen and oxygen atoms in total. The molecule has 1 saturated heterocycles. The molecule has 1 aliphatic rings. The summed E-state index contributed by atoms with van der Waals surface area (Å²) in [6.07, 6.45) is 1.85. The Morgan fingerprint density at radius 1 is 1.10 bits per heavy atom. The van der Waals surface area contributed by atoms with Crippen molar-refractivity contribution in [3.05, 3.63) is 41.8 Å². The molecular weight excluding hydrogens is 254 g/mol. The summed E-state index contributed by atoms with van der Waals surface area (Å²) in [6.45, 7) is 7.65. The summed E-state index contributed by atoms with van der Waals surface area (Å²) in [7, 11) is 0. The maximum absolute atomic E-state index is 5.16. The second-order valence-corrected chi connectivity index (χ2v) is 5.11. The fraction of sp³-hybridized carbons (Fsp3) is 0.500. The summed E-state index contributed by atoms with van der Waals surface area (Å²) in [4.78, 5) is 13.4. The van der Waals surface area contributed by atoms with Gasteiger partial charge in [0, 0.05) is 38.9 Å². The predicted molar refractivity (Wildman–Crippen MR) is 73.8 cm³/mol. The van der Waals surface area contributed by atoms with Gasteiger partial charge in [0.25, 0.3) is 0 Å². The summed E-state index contributed by atoms with van der Waals surface area (Å²) >= 11 is 0. The number of rotatable bonds is 4. The van der Waals surface area contributed by atoms with Gasteiger partial charge in [-0.25, -0.2) is 0 Å². The first-order valence-corrected chi connectivity index (χ1v) is 6.93. The molecule has 0 aliphatic carbocycles. The highest BCUT2D eigenvalue weighted by Crippen LogP contribution is 2.09. The number of hydrogen-bond acceptors (Lipinski definition) is 6. The number of pyridine rings is 1. The fourth-order valence-electron chi connectivity index (χ4n) is 2.42. The summed E-state index contributed by atoms with van der Waals surface area (Å²) in [5, 5.41) is 3.82. The van der Waals surface area contributed by atoms with Crippen molar-refractivity contribution in [2.24, 2.45) is 0 Å². The monoisotopic (exact) mass is 273 g/mol. The van der Waals surface area contributed by atoms with E-state index in [4.69, 9.17) is 4.52 Å². The zero-order chi connectivity index (χ0) is 13.8. The molecule has 0 saturated carbocycles. The van der Waals surface area contributed by atoms with Crippen LogP contribution < -0.4 is 0 Å². The van der Waals surface area contributed by atoms with E-state index in [9.17, 15) is 0 Å². The van der Waals surface area contributed by atoms with Gasteiger partial charge in [0.15, 0.2) is 5.82 Å². The quantitative estimate of drug-likeness (QED) is 0.831. The normalized spacial score (nSPS) is 17.4. The lowest BCUT2D eigenvalue weighted by molar-refractivity contribution is 0.111. The molecule has 0 aromatic carbocycles. The Hall–Kier alpha value is -1.79. The van der Waals surface area contributed by atoms with Gasteiger partial charge in [-0.2, -0.15) is 4.98 Å². The number of nitrogens with zero attached hydrogens (tertiary/aromatic N) is 5. The van der Waals surface area contributed by atoms with Gasteiger partial charge in [-0.3, -0.25) is 14.8 Å². The summed E-state index contributed by atoms with van der Waals surface area (Å²) < 4.78 is 5.16. The standard InChI is InChI=1S/C14H19N5O/c1-12-16-14(20-17-12)11-19-8-6-18(7-9-19)10-13-4-2-3-5-15-13/h2-5H,6-11H2,1H3. The van der Waals surface area contributed by atoms with Crippen molar-refractivity contribution in [2.45, 2.75) is 20.0 Å². The molecule has 20 heavy (non-hydrogen) atoms. The van der Waals surface area contributed by atoms with Crippen molar-refractivity contribution < 1.29 is 4.52 Å². The molecule has 1 fully saturated rings. The molecule has 0 unspecified atom stereocenters. The van der Waals surface area contributed by atoms with Gasteiger partial charge in [-0.15, -0.1) is 0 Å². The van der Waals surface area contributed by atoms with Crippen LogP contribution in [0.2, 0.25) is 0 Å². The molecule has 106 valence electrons. The Labute approximate surface area is 118 Å². The van der Waals surface area contributed by atoms with Gasteiger partial charge in [0.2, 0.25) is 5.89 Å². The molecule has 3 heterocycles. The third kappa shape index (κ3) is 3.40. The van der Waals surface area contributed by atoms with Crippen molar-refractivity contribution in [3.8, 4) is 0 Å². The largest absolute Gasteiger partial charge is 0.338 e. The lowest BCUT2D eigenvalue weighted by Crippen LogP contribution is -2.45. The molecule has 0 N–H and O–H groups in total. The first-order chi connectivity index (χ1) is 9.79. The lowest BCUT2D eigenvalue weighted by Gasteiger charge is -2.33. The van der Waals surface area contributed by atoms with Crippen LogP contribution in [0, 0.1) is 6.92 Å². The Balaban J connectivity index is 1.47. The molecular formula is C14H19N5O. The highest BCUT2D eigenvalue weighted by atomic mass is 16.5. The molecule has 0 atom stereocenters. The van der Waals surface area contributed by atoms with Crippen LogP contribution in [0.15, 0.2) is 28.9 Å². The number of aryl methyl sites for hydroxylation is 1. The van der Waals surface area contributed by atoms with Crippen LogP contribution >= 0.6 is 0 Å². The smallest absolute Gasteiger partial charge is 0.240 e. The maximum atomic E-state index is 5.16. The van der Waals surface area contributed by atoms with Crippen LogP contribution in [0.5, 0.6) is 0 Å². The number of piperazine rings is 1. The average molecular weight is 273 g/mol. The summed E-state index contributed by atoms with van der Waals surface area (Å²) in [5.74, 6) is 1.41.